The summed E-state index contributed by atoms with van der Waals surface area (Å²) < 4.78 is 30.4. The zero-order valence-electron chi connectivity index (χ0n) is 15.0. The van der Waals surface area contributed by atoms with Crippen molar-refractivity contribution in [2.75, 3.05) is 5.73 Å². The Kier molecular flexibility index (Phi) is 5.19. The van der Waals surface area contributed by atoms with Gasteiger partial charge in [-0.15, -0.1) is 4.52 Å². The van der Waals surface area contributed by atoms with Crippen molar-refractivity contribution in [3.8, 4) is 5.75 Å². The second kappa shape index (κ2) is 7.76. The topological polar surface area (TPSA) is 135 Å². The normalized spacial score (nSPS) is 23.6. The van der Waals surface area contributed by atoms with Crippen LogP contribution in [0.2, 0.25) is 0 Å². The number of imidazole rings is 1. The van der Waals surface area contributed by atoms with E-state index in [1.165, 1.54) is 12.7 Å². The third-order valence-electron chi connectivity index (χ3n) is 4.48. The largest absolute Gasteiger partial charge is 0.750 e. The van der Waals surface area contributed by atoms with Crippen molar-refractivity contribution in [1.82, 2.24) is 19.5 Å². The first-order valence-electron chi connectivity index (χ1n) is 8.66. The predicted octanol–water partition coefficient (Wildman–Crippen LogP) is 2.20. The van der Waals surface area contributed by atoms with Crippen molar-refractivity contribution >= 4 is 25.2 Å². The molecule has 1 aromatic carbocycles. The van der Waals surface area contributed by atoms with Gasteiger partial charge in [0.1, 0.15) is 24.1 Å². The van der Waals surface area contributed by atoms with E-state index >= 15 is 0 Å². The van der Waals surface area contributed by atoms with Crippen LogP contribution in [-0.4, -0.2) is 42.9 Å². The van der Waals surface area contributed by atoms with Crippen LogP contribution in [0.15, 0.2) is 43.0 Å². The highest BCUT2D eigenvalue weighted by Crippen LogP contribution is 2.37. The Balaban J connectivity index is 1.43. The lowest BCUT2D eigenvalue weighted by molar-refractivity contribution is -0.0639. The maximum absolute atomic E-state index is 12.1. The Morgan fingerprint density at radius 3 is 2.89 bits per heavy atom. The van der Waals surface area contributed by atoms with Crippen LogP contribution in [0.4, 0.5) is 5.82 Å². The van der Waals surface area contributed by atoms with Gasteiger partial charge in [-0.05, 0) is 19.1 Å². The first-order chi connectivity index (χ1) is 13.5. The summed E-state index contributed by atoms with van der Waals surface area (Å²) in [7, 11) is -2.39. The Bertz CT molecular complexity index is 984. The predicted molar refractivity (Wildman–Crippen MR) is 99.5 cm³/mol. The maximum atomic E-state index is 12.1. The molecule has 28 heavy (non-hydrogen) atoms. The number of rotatable bonds is 6. The van der Waals surface area contributed by atoms with E-state index in [1.54, 1.807) is 35.8 Å². The van der Waals surface area contributed by atoms with Gasteiger partial charge in [0, 0.05) is 11.0 Å². The number of nitrogens with two attached hydrogens (primary N) is 1. The molecule has 5 unspecified atom stereocenters. The molecule has 10 nitrogen and oxygen atoms in total. The van der Waals surface area contributed by atoms with Gasteiger partial charge in [-0.2, -0.15) is 0 Å². The van der Waals surface area contributed by atoms with E-state index in [4.69, 9.17) is 19.5 Å². The van der Waals surface area contributed by atoms with Crippen LogP contribution in [0.3, 0.4) is 0 Å². The summed E-state index contributed by atoms with van der Waals surface area (Å²) in [5, 5.41) is 10.5. The lowest BCUT2D eigenvalue weighted by atomic mass is 10.1. The second-order valence-corrected chi connectivity index (χ2v) is 7.23. The molecule has 2 aromatic heterocycles. The van der Waals surface area contributed by atoms with Gasteiger partial charge in [0.05, 0.1) is 12.4 Å². The number of nitrogens with zero attached hydrogens (tertiary/aromatic N) is 4. The lowest BCUT2D eigenvalue weighted by Gasteiger charge is -2.17. The molecule has 1 fully saturated rings. The van der Waals surface area contributed by atoms with Gasteiger partial charge in [0.2, 0.25) is 0 Å². The molecule has 1 aliphatic heterocycles. The van der Waals surface area contributed by atoms with E-state index in [0.29, 0.717) is 23.3 Å². The quantitative estimate of drug-likeness (QED) is 0.593. The Morgan fingerprint density at radius 2 is 2.11 bits per heavy atom. The van der Waals surface area contributed by atoms with Gasteiger partial charge < -0.3 is 15.6 Å². The van der Waals surface area contributed by atoms with E-state index in [0.717, 1.165) is 0 Å². The zero-order valence-corrected chi connectivity index (χ0v) is 15.8. The summed E-state index contributed by atoms with van der Waals surface area (Å²) >= 11 is 0. The van der Waals surface area contributed by atoms with Crippen LogP contribution in [-0.2, 0) is 13.8 Å². The summed E-state index contributed by atoms with van der Waals surface area (Å²) in [5.74, 6) is 0.697. The van der Waals surface area contributed by atoms with Gasteiger partial charge in [-0.25, -0.2) is 19.5 Å². The molecular weight excluding hydrogens is 385 g/mol. The summed E-state index contributed by atoms with van der Waals surface area (Å²) in [6, 6.07) is 8.74. The first kappa shape index (κ1) is 18.7. The minimum atomic E-state index is -2.39. The number of hydrogen-bond donors (Lipinski definition) is 2. The molecule has 1 saturated heterocycles. The zero-order chi connectivity index (χ0) is 19.7. The van der Waals surface area contributed by atoms with Crippen molar-refractivity contribution < 1.29 is 23.5 Å². The highest BCUT2D eigenvalue weighted by molar-refractivity contribution is 7.33. The Hall–Kier alpha value is -2.65. The van der Waals surface area contributed by atoms with Crippen LogP contribution >= 0.6 is 8.25 Å². The molecule has 11 heteroatoms. The molecule has 5 atom stereocenters. The average Bonchev–Trinajstić information content (AvgIpc) is 3.26. The molecular formula is C17H19N5O5P+. The van der Waals surface area contributed by atoms with Crippen LogP contribution in [0.1, 0.15) is 19.6 Å². The number of anilines is 1. The van der Waals surface area contributed by atoms with Gasteiger partial charge >= 0.3 is 8.25 Å². The minimum absolute atomic E-state index is 0.250. The minimum Gasteiger partial charge on any atom is -0.388 e. The number of hydrogen-bond acceptors (Lipinski definition) is 9. The highest BCUT2D eigenvalue weighted by Gasteiger charge is 2.42. The van der Waals surface area contributed by atoms with Crippen LogP contribution in [0, 0.1) is 0 Å². The number of fused-ring (bicyclic) bond motifs is 1. The highest BCUT2D eigenvalue weighted by atomic mass is 31.1. The molecule has 0 radical (unpaired) electrons. The number of aromatic nitrogens is 4. The Labute approximate surface area is 161 Å². The van der Waals surface area contributed by atoms with Crippen molar-refractivity contribution in [2.24, 2.45) is 0 Å². The van der Waals surface area contributed by atoms with E-state index in [9.17, 15) is 9.67 Å². The molecule has 0 aliphatic carbocycles. The maximum Gasteiger partial charge on any atom is 0.750 e. The van der Waals surface area contributed by atoms with Crippen molar-refractivity contribution in [1.29, 1.82) is 0 Å². The number of para-hydroxylation sites is 1. The van der Waals surface area contributed by atoms with Crippen molar-refractivity contribution in [3.63, 3.8) is 0 Å². The average molecular weight is 404 g/mol. The van der Waals surface area contributed by atoms with E-state index < -0.39 is 32.8 Å². The van der Waals surface area contributed by atoms with Crippen molar-refractivity contribution in [3.05, 3.63) is 43.0 Å². The summed E-state index contributed by atoms with van der Waals surface area (Å²) in [5.41, 5.74) is 6.70. The fourth-order valence-electron chi connectivity index (χ4n) is 3.08. The number of benzene rings is 1. The van der Waals surface area contributed by atoms with Gasteiger partial charge in [0.25, 0.3) is 0 Å². The van der Waals surface area contributed by atoms with E-state index in [1.807, 2.05) is 6.07 Å². The third kappa shape index (κ3) is 3.67. The fraction of sp³-hybridized carbons (Fsp3) is 0.353. The lowest BCUT2D eigenvalue weighted by Crippen LogP contribution is -2.24. The fourth-order valence-corrected chi connectivity index (χ4v) is 3.83. The molecule has 0 amide bonds. The van der Waals surface area contributed by atoms with E-state index in [-0.39, 0.29) is 5.82 Å². The smallest absolute Gasteiger partial charge is 0.388 e. The number of ether oxygens (including phenoxy) is 1. The van der Waals surface area contributed by atoms with Crippen molar-refractivity contribution in [2.45, 2.75) is 37.9 Å². The number of aliphatic hydroxyl groups excluding tert-OH is 1. The molecule has 0 bridgehead atoms. The second-order valence-electron chi connectivity index (χ2n) is 6.39. The van der Waals surface area contributed by atoms with Gasteiger partial charge in [0.15, 0.2) is 23.4 Å². The Morgan fingerprint density at radius 1 is 1.32 bits per heavy atom. The van der Waals surface area contributed by atoms with Crippen LogP contribution in [0.5, 0.6) is 5.75 Å². The third-order valence-corrected chi connectivity index (χ3v) is 5.34. The van der Waals surface area contributed by atoms with Crippen LogP contribution in [0.25, 0.3) is 11.2 Å². The summed E-state index contributed by atoms with van der Waals surface area (Å²) in [6.45, 7) is 1.72. The summed E-state index contributed by atoms with van der Waals surface area (Å²) in [6.07, 6.45) is 0.514. The number of aliphatic hydroxyl groups is 1. The molecule has 3 N–H and O–H groups in total. The number of nitrogen functional groups attached to an aromatic ring is 1. The molecule has 4 rings (SSSR count). The molecule has 0 spiro atoms. The molecule has 3 aromatic rings. The van der Waals surface area contributed by atoms with Gasteiger partial charge in [-0.3, -0.25) is 4.57 Å². The van der Waals surface area contributed by atoms with E-state index in [2.05, 4.69) is 15.0 Å². The SMILES string of the molecule is CC(O[P+](=O)Oc1ccccc1)C1CC(O)C(n2cnc3c(N)ncnc32)O1. The first-order valence-corrected chi connectivity index (χ1v) is 9.76. The molecule has 1 aliphatic rings. The monoisotopic (exact) mass is 404 g/mol. The van der Waals surface area contributed by atoms with Crippen LogP contribution < -0.4 is 10.3 Å². The van der Waals surface area contributed by atoms with Gasteiger partial charge in [-0.1, -0.05) is 18.2 Å². The molecule has 0 saturated carbocycles. The molecule has 3 heterocycles. The standard InChI is InChI=1S/C17H19N5O5P/c1-10(26-28(24)27-11-5-3-2-4-6-11)13-7-12(23)17(25-13)22-9-21-14-15(18)19-8-20-16(14)22/h2-6,8-10,12-13,17,23H,7H2,1H3,(H2,18,19,20)/q+1. The molecule has 146 valence electrons. The summed E-state index contributed by atoms with van der Waals surface area (Å²) in [4.78, 5) is 12.3.